The van der Waals surface area contributed by atoms with Crippen molar-refractivity contribution < 1.29 is 9.50 Å². The molecule has 0 saturated carbocycles. The van der Waals surface area contributed by atoms with E-state index in [2.05, 4.69) is 10.2 Å². The fourth-order valence-corrected chi connectivity index (χ4v) is 2.62. The fourth-order valence-electron chi connectivity index (χ4n) is 1.64. The van der Waals surface area contributed by atoms with Gasteiger partial charge in [-0.25, -0.2) is 4.39 Å². The summed E-state index contributed by atoms with van der Waals surface area (Å²) in [5.74, 6) is 1.22. The molecule has 108 valence electrons. The smallest absolute Gasteiger partial charge is 0.195 e. The molecule has 0 aliphatic carbocycles. The molecular formula is C13H17FN4OS. The van der Waals surface area contributed by atoms with Crippen molar-refractivity contribution in [1.82, 2.24) is 14.8 Å². The lowest BCUT2D eigenvalue weighted by atomic mass is 10.2. The molecule has 0 bridgehead atoms. The van der Waals surface area contributed by atoms with Crippen LogP contribution in [0.1, 0.15) is 12.7 Å². The van der Waals surface area contributed by atoms with Crippen LogP contribution in [-0.4, -0.2) is 32.2 Å². The number of halogens is 1. The molecule has 1 aromatic carbocycles. The Morgan fingerprint density at radius 1 is 1.35 bits per heavy atom. The standard InChI is InChI=1S/C13H17FN4OS/c1-9(7-19)8-20-13-17-16-12(6-15)18(13)11-4-2-10(14)3-5-11/h2-5,9,19H,6-8,15H2,1H3/t9-/m0/s1. The van der Waals surface area contributed by atoms with E-state index in [1.807, 2.05) is 11.5 Å². The van der Waals surface area contributed by atoms with Gasteiger partial charge in [-0.3, -0.25) is 4.57 Å². The number of hydrogen-bond acceptors (Lipinski definition) is 5. The molecule has 7 heteroatoms. The van der Waals surface area contributed by atoms with E-state index in [0.29, 0.717) is 11.0 Å². The van der Waals surface area contributed by atoms with Crippen LogP contribution < -0.4 is 5.73 Å². The monoisotopic (exact) mass is 296 g/mol. The maximum atomic E-state index is 13.0. The van der Waals surface area contributed by atoms with Crippen LogP contribution in [0.5, 0.6) is 0 Å². The van der Waals surface area contributed by atoms with Crippen LogP contribution in [0.4, 0.5) is 4.39 Å². The minimum atomic E-state index is -0.292. The molecule has 5 nitrogen and oxygen atoms in total. The van der Waals surface area contributed by atoms with Crippen LogP contribution in [-0.2, 0) is 6.54 Å². The molecule has 0 saturated heterocycles. The lowest BCUT2D eigenvalue weighted by Crippen LogP contribution is -2.09. The Hall–Kier alpha value is -1.44. The number of rotatable bonds is 6. The number of nitrogens with zero attached hydrogens (tertiary/aromatic N) is 3. The van der Waals surface area contributed by atoms with E-state index >= 15 is 0 Å². The maximum Gasteiger partial charge on any atom is 0.195 e. The molecule has 3 N–H and O–H groups in total. The van der Waals surface area contributed by atoms with Crippen LogP contribution >= 0.6 is 11.8 Å². The number of nitrogens with two attached hydrogens (primary N) is 1. The van der Waals surface area contributed by atoms with Crippen molar-refractivity contribution in [1.29, 1.82) is 0 Å². The van der Waals surface area contributed by atoms with Gasteiger partial charge in [0.1, 0.15) is 5.82 Å². The molecule has 2 rings (SSSR count). The van der Waals surface area contributed by atoms with E-state index in [-0.39, 0.29) is 24.9 Å². The topological polar surface area (TPSA) is 77.0 Å². The first kappa shape index (κ1) is 15.0. The molecule has 0 unspecified atom stereocenters. The summed E-state index contributed by atoms with van der Waals surface area (Å²) >= 11 is 1.50. The van der Waals surface area contributed by atoms with Gasteiger partial charge < -0.3 is 10.8 Å². The third-order valence-electron chi connectivity index (χ3n) is 2.78. The summed E-state index contributed by atoms with van der Waals surface area (Å²) in [6, 6.07) is 6.11. The number of aromatic nitrogens is 3. The summed E-state index contributed by atoms with van der Waals surface area (Å²) in [4.78, 5) is 0. The molecule has 0 amide bonds. The number of aliphatic hydroxyl groups is 1. The van der Waals surface area contributed by atoms with Gasteiger partial charge in [-0.15, -0.1) is 10.2 Å². The predicted molar refractivity (Wildman–Crippen MR) is 76.2 cm³/mol. The van der Waals surface area contributed by atoms with Crippen molar-refractivity contribution in [2.45, 2.75) is 18.6 Å². The highest BCUT2D eigenvalue weighted by molar-refractivity contribution is 7.99. The second-order valence-electron chi connectivity index (χ2n) is 4.51. The summed E-state index contributed by atoms with van der Waals surface area (Å²) in [5.41, 5.74) is 6.44. The number of benzene rings is 1. The van der Waals surface area contributed by atoms with Gasteiger partial charge in [0.25, 0.3) is 0 Å². The van der Waals surface area contributed by atoms with Gasteiger partial charge in [0.2, 0.25) is 0 Å². The first-order chi connectivity index (χ1) is 9.65. The largest absolute Gasteiger partial charge is 0.396 e. The molecule has 2 aromatic rings. The van der Waals surface area contributed by atoms with Crippen molar-refractivity contribution in [2.24, 2.45) is 11.7 Å². The molecule has 0 aliphatic heterocycles. The third-order valence-corrected chi connectivity index (χ3v) is 4.03. The lowest BCUT2D eigenvalue weighted by molar-refractivity contribution is 0.250. The fraction of sp³-hybridized carbons (Fsp3) is 0.385. The first-order valence-corrected chi connectivity index (χ1v) is 7.28. The lowest BCUT2D eigenvalue weighted by Gasteiger charge is -2.10. The summed E-state index contributed by atoms with van der Waals surface area (Å²) in [7, 11) is 0. The Morgan fingerprint density at radius 3 is 2.65 bits per heavy atom. The van der Waals surface area contributed by atoms with Gasteiger partial charge in [-0.2, -0.15) is 0 Å². The molecule has 0 radical (unpaired) electrons. The highest BCUT2D eigenvalue weighted by Gasteiger charge is 2.14. The van der Waals surface area contributed by atoms with Crippen LogP contribution in [0.3, 0.4) is 0 Å². The second-order valence-corrected chi connectivity index (χ2v) is 5.50. The minimum absolute atomic E-state index is 0.126. The Bertz CT molecular complexity index is 558. The van der Waals surface area contributed by atoms with Crippen molar-refractivity contribution in [3.8, 4) is 5.69 Å². The highest BCUT2D eigenvalue weighted by atomic mass is 32.2. The van der Waals surface area contributed by atoms with Crippen molar-refractivity contribution in [3.05, 3.63) is 35.9 Å². The van der Waals surface area contributed by atoms with Crippen LogP contribution in [0, 0.1) is 11.7 Å². The van der Waals surface area contributed by atoms with Gasteiger partial charge in [-0.05, 0) is 30.2 Å². The van der Waals surface area contributed by atoms with E-state index in [0.717, 1.165) is 11.4 Å². The molecule has 1 atom stereocenters. The average Bonchev–Trinajstić information content (AvgIpc) is 2.88. The van der Waals surface area contributed by atoms with Gasteiger partial charge in [-0.1, -0.05) is 18.7 Å². The van der Waals surface area contributed by atoms with Crippen molar-refractivity contribution in [2.75, 3.05) is 12.4 Å². The average molecular weight is 296 g/mol. The van der Waals surface area contributed by atoms with E-state index in [1.165, 1.54) is 23.9 Å². The quantitative estimate of drug-likeness (QED) is 0.792. The zero-order valence-electron chi connectivity index (χ0n) is 11.2. The number of hydrogen-bond donors (Lipinski definition) is 2. The number of aliphatic hydroxyl groups excluding tert-OH is 1. The minimum Gasteiger partial charge on any atom is -0.396 e. The molecule has 0 spiro atoms. The predicted octanol–water partition coefficient (Wildman–Crippen LogP) is 1.59. The Labute approximate surface area is 121 Å². The van der Waals surface area contributed by atoms with Gasteiger partial charge in [0, 0.05) is 18.0 Å². The molecular weight excluding hydrogens is 279 g/mol. The van der Waals surface area contributed by atoms with E-state index in [4.69, 9.17) is 10.8 Å². The second kappa shape index (κ2) is 6.83. The zero-order chi connectivity index (χ0) is 14.5. The van der Waals surface area contributed by atoms with E-state index in [1.54, 1.807) is 12.1 Å². The molecule has 0 fully saturated rings. The normalized spacial score (nSPS) is 12.6. The Balaban J connectivity index is 2.29. The highest BCUT2D eigenvalue weighted by Crippen LogP contribution is 2.23. The Morgan fingerprint density at radius 2 is 2.05 bits per heavy atom. The van der Waals surface area contributed by atoms with Crippen molar-refractivity contribution in [3.63, 3.8) is 0 Å². The molecule has 1 heterocycles. The zero-order valence-corrected chi connectivity index (χ0v) is 12.0. The molecule has 20 heavy (non-hydrogen) atoms. The van der Waals surface area contributed by atoms with Gasteiger partial charge >= 0.3 is 0 Å². The summed E-state index contributed by atoms with van der Waals surface area (Å²) in [6.07, 6.45) is 0. The summed E-state index contributed by atoms with van der Waals surface area (Å²) in [6.45, 7) is 2.33. The van der Waals surface area contributed by atoms with E-state index < -0.39 is 0 Å². The van der Waals surface area contributed by atoms with Gasteiger partial charge in [0.15, 0.2) is 11.0 Å². The van der Waals surface area contributed by atoms with Crippen molar-refractivity contribution >= 4 is 11.8 Å². The van der Waals surface area contributed by atoms with Crippen LogP contribution in [0.2, 0.25) is 0 Å². The summed E-state index contributed by atoms with van der Waals surface area (Å²) in [5, 5.41) is 17.9. The first-order valence-electron chi connectivity index (χ1n) is 6.29. The maximum absolute atomic E-state index is 13.0. The molecule has 0 aliphatic rings. The van der Waals surface area contributed by atoms with Crippen LogP contribution in [0.25, 0.3) is 5.69 Å². The molecule has 1 aromatic heterocycles. The Kier molecular flexibility index (Phi) is 5.11. The van der Waals surface area contributed by atoms with Gasteiger partial charge in [0.05, 0.1) is 6.54 Å². The SMILES string of the molecule is C[C@@H](CO)CSc1nnc(CN)n1-c1ccc(F)cc1. The number of thioether (sulfide) groups is 1. The summed E-state index contributed by atoms with van der Waals surface area (Å²) < 4.78 is 14.8. The van der Waals surface area contributed by atoms with E-state index in [9.17, 15) is 4.39 Å². The van der Waals surface area contributed by atoms with Crippen LogP contribution in [0.15, 0.2) is 29.4 Å². The third kappa shape index (κ3) is 3.36.